The lowest BCUT2D eigenvalue weighted by Gasteiger charge is -2.10. The summed E-state index contributed by atoms with van der Waals surface area (Å²) in [5.74, 6) is 1.10. The Morgan fingerprint density at radius 1 is 1.19 bits per heavy atom. The Morgan fingerprint density at radius 3 is 2.81 bits per heavy atom. The molecule has 3 nitrogen and oxygen atoms in total. The first-order chi connectivity index (χ1) is 10.0. The van der Waals surface area contributed by atoms with Gasteiger partial charge in [-0.1, -0.05) is 23.2 Å². The summed E-state index contributed by atoms with van der Waals surface area (Å²) in [6.45, 7) is 0.634. The minimum Gasteiger partial charge on any atom is -0.493 e. The Labute approximate surface area is 135 Å². The smallest absolute Gasteiger partial charge is 0.126 e. The van der Waals surface area contributed by atoms with Crippen molar-refractivity contribution in [2.75, 3.05) is 12.3 Å². The molecule has 1 unspecified atom stereocenters. The number of anilines is 1. The first-order valence-electron chi connectivity index (χ1n) is 6.42. The van der Waals surface area contributed by atoms with Crippen LogP contribution in [0.25, 0.3) is 0 Å². The second-order valence-corrected chi connectivity index (χ2v) is 7.12. The van der Waals surface area contributed by atoms with E-state index in [-0.39, 0.29) is 0 Å². The molecule has 2 aromatic rings. The van der Waals surface area contributed by atoms with Gasteiger partial charge in [0, 0.05) is 27.7 Å². The van der Waals surface area contributed by atoms with Crippen LogP contribution in [0.15, 0.2) is 35.2 Å². The Morgan fingerprint density at radius 2 is 2.00 bits per heavy atom. The van der Waals surface area contributed by atoms with Gasteiger partial charge in [0.1, 0.15) is 5.75 Å². The van der Waals surface area contributed by atoms with Crippen LogP contribution in [0.4, 0.5) is 5.69 Å². The fraction of sp³-hybridized carbons (Fsp3) is 0.200. The van der Waals surface area contributed by atoms with Crippen LogP contribution in [-0.4, -0.2) is 10.8 Å². The van der Waals surface area contributed by atoms with Gasteiger partial charge in [-0.3, -0.25) is 4.21 Å². The van der Waals surface area contributed by atoms with Gasteiger partial charge in [0.05, 0.1) is 28.1 Å². The van der Waals surface area contributed by atoms with Gasteiger partial charge in [0.15, 0.2) is 0 Å². The third-order valence-electron chi connectivity index (χ3n) is 3.33. The lowest BCUT2D eigenvalue weighted by molar-refractivity contribution is 0.354. The van der Waals surface area contributed by atoms with Gasteiger partial charge in [-0.05, 0) is 35.9 Å². The van der Waals surface area contributed by atoms with Gasteiger partial charge in [0.2, 0.25) is 0 Å². The third kappa shape index (κ3) is 3.03. The average molecular weight is 342 g/mol. The van der Waals surface area contributed by atoms with Crippen molar-refractivity contribution in [2.45, 2.75) is 17.1 Å². The van der Waals surface area contributed by atoms with Crippen LogP contribution in [0, 0.1) is 0 Å². The van der Waals surface area contributed by atoms with Crippen molar-refractivity contribution in [2.24, 2.45) is 0 Å². The lowest BCUT2D eigenvalue weighted by atomic mass is 10.1. The first kappa shape index (κ1) is 14.7. The number of hydrogen-bond acceptors (Lipinski definition) is 3. The third-order valence-corrected chi connectivity index (χ3v) is 5.20. The summed E-state index contributed by atoms with van der Waals surface area (Å²) in [6.07, 6.45) is 0.828. The SMILES string of the molecule is Nc1ccc(Cl)cc1S(=O)Cc1cc(Cl)cc2c1OCC2. The fourth-order valence-electron chi connectivity index (χ4n) is 2.38. The molecule has 0 spiro atoms. The molecule has 0 aliphatic carbocycles. The molecule has 0 amide bonds. The number of nitrogens with two attached hydrogens (primary N) is 1. The maximum Gasteiger partial charge on any atom is 0.126 e. The number of benzene rings is 2. The zero-order chi connectivity index (χ0) is 15.0. The van der Waals surface area contributed by atoms with Gasteiger partial charge in [-0.15, -0.1) is 0 Å². The summed E-state index contributed by atoms with van der Waals surface area (Å²) < 4.78 is 18.2. The zero-order valence-corrected chi connectivity index (χ0v) is 13.4. The van der Waals surface area contributed by atoms with E-state index in [1.54, 1.807) is 24.3 Å². The topological polar surface area (TPSA) is 52.3 Å². The Bertz CT molecular complexity index is 734. The van der Waals surface area contributed by atoms with Crippen molar-refractivity contribution in [1.82, 2.24) is 0 Å². The summed E-state index contributed by atoms with van der Waals surface area (Å²) in [4.78, 5) is 0.536. The van der Waals surface area contributed by atoms with Crippen LogP contribution in [0.3, 0.4) is 0 Å². The minimum absolute atomic E-state index is 0.299. The van der Waals surface area contributed by atoms with E-state index in [0.29, 0.717) is 33.0 Å². The summed E-state index contributed by atoms with van der Waals surface area (Å²) in [7, 11) is -1.30. The molecule has 0 radical (unpaired) electrons. The van der Waals surface area contributed by atoms with Gasteiger partial charge < -0.3 is 10.5 Å². The van der Waals surface area contributed by atoms with Crippen molar-refractivity contribution < 1.29 is 8.95 Å². The molecule has 1 aliphatic rings. The standard InChI is InChI=1S/C15H13Cl2NO2S/c16-11-1-2-13(18)14(7-11)21(19)8-10-6-12(17)5-9-3-4-20-15(9)10/h1-2,5-7H,3-4,8,18H2. The molecule has 0 bridgehead atoms. The van der Waals surface area contributed by atoms with Crippen molar-refractivity contribution in [3.8, 4) is 5.75 Å². The molecular formula is C15H13Cl2NO2S. The molecule has 6 heteroatoms. The molecule has 0 saturated carbocycles. The number of halogens is 2. The summed E-state index contributed by atoms with van der Waals surface area (Å²) in [5.41, 5.74) is 8.25. The summed E-state index contributed by atoms with van der Waals surface area (Å²) in [6, 6.07) is 8.67. The van der Waals surface area contributed by atoms with E-state index in [4.69, 9.17) is 33.7 Å². The molecule has 2 aromatic carbocycles. The summed E-state index contributed by atoms with van der Waals surface area (Å²) >= 11 is 12.1. The lowest BCUT2D eigenvalue weighted by Crippen LogP contribution is -2.02. The Balaban J connectivity index is 1.94. The van der Waals surface area contributed by atoms with Crippen LogP contribution in [0.2, 0.25) is 10.0 Å². The number of hydrogen-bond donors (Lipinski definition) is 1. The number of rotatable bonds is 3. The largest absolute Gasteiger partial charge is 0.493 e. The van der Waals surface area contributed by atoms with E-state index in [0.717, 1.165) is 23.3 Å². The zero-order valence-electron chi connectivity index (χ0n) is 11.1. The highest BCUT2D eigenvalue weighted by atomic mass is 35.5. The second kappa shape index (κ2) is 5.87. The number of nitrogen functional groups attached to an aromatic ring is 1. The van der Waals surface area contributed by atoms with E-state index in [2.05, 4.69) is 0 Å². The Hall–Kier alpha value is -1.23. The highest BCUT2D eigenvalue weighted by Crippen LogP contribution is 2.34. The van der Waals surface area contributed by atoms with Crippen LogP contribution in [0.1, 0.15) is 11.1 Å². The quantitative estimate of drug-likeness (QED) is 0.863. The first-order valence-corrected chi connectivity index (χ1v) is 8.49. The van der Waals surface area contributed by atoms with E-state index < -0.39 is 10.8 Å². The average Bonchev–Trinajstić information content (AvgIpc) is 2.89. The number of ether oxygens (including phenoxy) is 1. The molecular weight excluding hydrogens is 329 g/mol. The van der Waals surface area contributed by atoms with Crippen LogP contribution >= 0.6 is 23.2 Å². The fourth-order valence-corrected chi connectivity index (χ4v) is 4.12. The van der Waals surface area contributed by atoms with Crippen molar-refractivity contribution >= 4 is 39.7 Å². The molecule has 110 valence electrons. The van der Waals surface area contributed by atoms with Crippen LogP contribution in [-0.2, 0) is 23.0 Å². The highest BCUT2D eigenvalue weighted by molar-refractivity contribution is 7.84. The maximum atomic E-state index is 12.6. The predicted octanol–water partition coefficient (Wildman–Crippen LogP) is 3.82. The molecule has 2 N–H and O–H groups in total. The summed E-state index contributed by atoms with van der Waals surface area (Å²) in [5, 5.41) is 1.14. The van der Waals surface area contributed by atoms with E-state index in [1.165, 1.54) is 0 Å². The van der Waals surface area contributed by atoms with Gasteiger partial charge in [-0.25, -0.2) is 0 Å². The molecule has 0 fully saturated rings. The van der Waals surface area contributed by atoms with E-state index >= 15 is 0 Å². The molecule has 1 aliphatic heterocycles. The van der Waals surface area contributed by atoms with Crippen molar-refractivity contribution in [3.05, 3.63) is 51.5 Å². The van der Waals surface area contributed by atoms with Gasteiger partial charge in [0.25, 0.3) is 0 Å². The monoisotopic (exact) mass is 341 g/mol. The van der Waals surface area contributed by atoms with E-state index in [9.17, 15) is 4.21 Å². The van der Waals surface area contributed by atoms with E-state index in [1.807, 2.05) is 6.07 Å². The van der Waals surface area contributed by atoms with Gasteiger partial charge >= 0.3 is 0 Å². The molecule has 0 saturated heterocycles. The normalized spacial score (nSPS) is 14.6. The van der Waals surface area contributed by atoms with Crippen LogP contribution in [0.5, 0.6) is 5.75 Å². The highest BCUT2D eigenvalue weighted by Gasteiger charge is 2.20. The predicted molar refractivity (Wildman–Crippen MR) is 86.6 cm³/mol. The number of fused-ring (bicyclic) bond motifs is 1. The molecule has 1 heterocycles. The molecule has 21 heavy (non-hydrogen) atoms. The van der Waals surface area contributed by atoms with Crippen molar-refractivity contribution in [3.63, 3.8) is 0 Å². The molecule has 1 atom stereocenters. The maximum absolute atomic E-state index is 12.6. The molecule has 3 rings (SSSR count). The van der Waals surface area contributed by atoms with Crippen molar-refractivity contribution in [1.29, 1.82) is 0 Å². The van der Waals surface area contributed by atoms with Gasteiger partial charge in [-0.2, -0.15) is 0 Å². The van der Waals surface area contributed by atoms with Crippen LogP contribution < -0.4 is 10.5 Å². The minimum atomic E-state index is -1.30. The second-order valence-electron chi connectivity index (χ2n) is 4.82. The Kier molecular flexibility index (Phi) is 4.11. The molecule has 0 aromatic heterocycles.